The summed E-state index contributed by atoms with van der Waals surface area (Å²) >= 11 is 6.23. The van der Waals surface area contributed by atoms with Gasteiger partial charge in [0.15, 0.2) is 0 Å². The number of carbonyl (C=O) groups excluding carboxylic acids is 1. The SMILES string of the molecule is C=C(C)c1ccc(-c2cnc(NC(=O)C(=N)/C(Cl)=C\C=C\CCC3CCC=C(C(C)O)CC3)c(C)c2)cc1. The molecule has 2 aromatic rings. The Morgan fingerprint density at radius 2 is 2.03 bits per heavy atom. The molecule has 0 saturated heterocycles. The van der Waals surface area contributed by atoms with E-state index >= 15 is 0 Å². The highest BCUT2D eigenvalue weighted by Gasteiger charge is 2.16. The number of hydrogen-bond donors (Lipinski definition) is 3. The Bertz CT molecular complexity index is 1260. The molecular weight excluding hydrogens is 494 g/mol. The highest BCUT2D eigenvalue weighted by atomic mass is 35.5. The number of halogens is 1. The number of hydrogen-bond acceptors (Lipinski definition) is 4. The number of aliphatic hydroxyl groups is 1. The molecule has 0 fully saturated rings. The zero-order valence-corrected chi connectivity index (χ0v) is 23.3. The monoisotopic (exact) mass is 531 g/mol. The zero-order valence-electron chi connectivity index (χ0n) is 22.6. The second kappa shape index (κ2) is 14.0. The Morgan fingerprint density at radius 3 is 2.68 bits per heavy atom. The van der Waals surface area contributed by atoms with Gasteiger partial charge >= 0.3 is 0 Å². The number of anilines is 1. The van der Waals surface area contributed by atoms with Crippen LogP contribution in [0.4, 0.5) is 5.82 Å². The minimum atomic E-state index is -0.603. The van der Waals surface area contributed by atoms with Crippen molar-refractivity contribution in [2.24, 2.45) is 5.92 Å². The number of nitrogens with one attached hydrogen (secondary N) is 2. The van der Waals surface area contributed by atoms with Gasteiger partial charge in [0.25, 0.3) is 5.91 Å². The Hall–Kier alpha value is -3.28. The van der Waals surface area contributed by atoms with Crippen molar-refractivity contribution in [2.75, 3.05) is 5.32 Å². The number of nitrogens with zero attached hydrogens (tertiary/aromatic N) is 1. The number of pyridine rings is 1. The van der Waals surface area contributed by atoms with Gasteiger partial charge in [0.2, 0.25) is 0 Å². The summed E-state index contributed by atoms with van der Waals surface area (Å²) in [5.41, 5.74) is 5.70. The normalized spacial score (nSPS) is 17.0. The van der Waals surface area contributed by atoms with Crippen molar-refractivity contribution >= 4 is 34.6 Å². The summed E-state index contributed by atoms with van der Waals surface area (Å²) < 4.78 is 0. The van der Waals surface area contributed by atoms with E-state index in [1.54, 1.807) is 18.3 Å². The van der Waals surface area contributed by atoms with E-state index < -0.39 is 5.91 Å². The van der Waals surface area contributed by atoms with Crippen molar-refractivity contribution in [3.05, 3.63) is 89.1 Å². The van der Waals surface area contributed by atoms with Gasteiger partial charge in [0, 0.05) is 11.8 Å². The van der Waals surface area contributed by atoms with E-state index in [1.807, 2.05) is 57.2 Å². The first kappa shape index (κ1) is 29.3. The van der Waals surface area contributed by atoms with Gasteiger partial charge < -0.3 is 10.4 Å². The van der Waals surface area contributed by atoms with Crippen LogP contribution >= 0.6 is 11.6 Å². The van der Waals surface area contributed by atoms with Crippen LogP contribution in [0.25, 0.3) is 16.7 Å². The Labute approximate surface area is 231 Å². The Morgan fingerprint density at radius 1 is 1.29 bits per heavy atom. The second-order valence-corrected chi connectivity index (χ2v) is 10.4. The smallest absolute Gasteiger partial charge is 0.276 e. The van der Waals surface area contributed by atoms with Crippen LogP contribution < -0.4 is 5.32 Å². The summed E-state index contributed by atoms with van der Waals surface area (Å²) in [6.45, 7) is 9.64. The van der Waals surface area contributed by atoms with Gasteiger partial charge in [-0.3, -0.25) is 10.2 Å². The lowest BCUT2D eigenvalue weighted by Gasteiger charge is -2.13. The van der Waals surface area contributed by atoms with Crippen molar-refractivity contribution in [3.63, 3.8) is 0 Å². The molecule has 1 aromatic heterocycles. The minimum absolute atomic E-state index is 0.0749. The van der Waals surface area contributed by atoms with Crippen molar-refractivity contribution in [3.8, 4) is 11.1 Å². The third kappa shape index (κ3) is 8.37. The minimum Gasteiger partial charge on any atom is -0.389 e. The predicted octanol–water partition coefficient (Wildman–Crippen LogP) is 8.00. The maximum atomic E-state index is 12.6. The third-order valence-corrected chi connectivity index (χ3v) is 7.28. The van der Waals surface area contributed by atoms with Crippen LogP contribution in [-0.2, 0) is 4.79 Å². The molecule has 5 nitrogen and oxygen atoms in total. The number of aromatic nitrogens is 1. The number of benzene rings is 1. The lowest BCUT2D eigenvalue weighted by atomic mass is 9.93. The average Bonchev–Trinajstić information content (AvgIpc) is 3.15. The second-order valence-electron chi connectivity index (χ2n) is 10.0. The zero-order chi connectivity index (χ0) is 27.7. The fourth-order valence-corrected chi connectivity index (χ4v) is 4.70. The molecule has 3 rings (SSSR count). The Kier molecular flexibility index (Phi) is 10.8. The van der Waals surface area contributed by atoms with E-state index in [0.717, 1.165) is 71.9 Å². The highest BCUT2D eigenvalue weighted by molar-refractivity contribution is 6.60. The van der Waals surface area contributed by atoms with Crippen LogP contribution in [0.3, 0.4) is 0 Å². The van der Waals surface area contributed by atoms with E-state index in [2.05, 4.69) is 23.0 Å². The van der Waals surface area contributed by atoms with Crippen LogP contribution in [0.15, 0.2) is 78.0 Å². The largest absolute Gasteiger partial charge is 0.389 e. The van der Waals surface area contributed by atoms with Crippen molar-refractivity contribution < 1.29 is 9.90 Å². The van der Waals surface area contributed by atoms with Crippen LogP contribution in [0.2, 0.25) is 0 Å². The van der Waals surface area contributed by atoms with Gasteiger partial charge in [-0.15, -0.1) is 0 Å². The molecule has 0 aliphatic heterocycles. The predicted molar refractivity (Wildman–Crippen MR) is 160 cm³/mol. The topological polar surface area (TPSA) is 86.1 Å². The number of aliphatic hydroxyl groups excluding tert-OH is 1. The molecule has 1 amide bonds. The van der Waals surface area contributed by atoms with Crippen molar-refractivity contribution in [1.82, 2.24) is 4.98 Å². The molecule has 6 heteroatoms. The quantitative estimate of drug-likeness (QED) is 0.165. The molecule has 0 radical (unpaired) electrons. The first-order chi connectivity index (χ1) is 18.2. The highest BCUT2D eigenvalue weighted by Crippen LogP contribution is 2.28. The molecule has 0 spiro atoms. The van der Waals surface area contributed by atoms with E-state index in [0.29, 0.717) is 11.7 Å². The third-order valence-electron chi connectivity index (χ3n) is 6.97. The number of rotatable bonds is 10. The van der Waals surface area contributed by atoms with Gasteiger partial charge in [-0.25, -0.2) is 4.98 Å². The first-order valence-corrected chi connectivity index (χ1v) is 13.6. The molecule has 0 saturated carbocycles. The molecule has 2 unspecified atom stereocenters. The molecule has 38 heavy (non-hydrogen) atoms. The fourth-order valence-electron chi connectivity index (χ4n) is 4.54. The molecule has 0 bridgehead atoms. The summed E-state index contributed by atoms with van der Waals surface area (Å²) in [6, 6.07) is 10.0. The van der Waals surface area contributed by atoms with E-state index in [-0.39, 0.29) is 16.8 Å². The maximum absolute atomic E-state index is 12.6. The molecule has 1 aliphatic carbocycles. The van der Waals surface area contributed by atoms with Gasteiger partial charge in [-0.2, -0.15) is 0 Å². The molecule has 1 heterocycles. The lowest BCUT2D eigenvalue weighted by Crippen LogP contribution is -2.23. The summed E-state index contributed by atoms with van der Waals surface area (Å²) in [5.74, 6) is 0.431. The van der Waals surface area contributed by atoms with Crippen LogP contribution in [-0.4, -0.2) is 27.8 Å². The average molecular weight is 532 g/mol. The van der Waals surface area contributed by atoms with Crippen molar-refractivity contribution in [2.45, 2.75) is 65.4 Å². The molecule has 1 aromatic carbocycles. The van der Waals surface area contributed by atoms with Crippen LogP contribution in [0.1, 0.15) is 63.5 Å². The molecule has 3 N–H and O–H groups in total. The van der Waals surface area contributed by atoms with Gasteiger partial charge in [0.1, 0.15) is 11.5 Å². The lowest BCUT2D eigenvalue weighted by molar-refractivity contribution is -0.110. The number of aryl methyl sites for hydroxylation is 1. The summed E-state index contributed by atoms with van der Waals surface area (Å²) in [7, 11) is 0. The Balaban J connectivity index is 1.50. The summed E-state index contributed by atoms with van der Waals surface area (Å²) in [5, 5.41) is 20.7. The molecule has 2 atom stereocenters. The fraction of sp³-hybridized carbons (Fsp3) is 0.344. The summed E-state index contributed by atoms with van der Waals surface area (Å²) in [6.07, 6.45) is 15.1. The van der Waals surface area contributed by atoms with Gasteiger partial charge in [-0.05, 0) is 99.6 Å². The standard InChI is InChI=1S/C32H38ClN3O2/c1-21(2)25-15-17-27(18-16-25)28-19-22(3)31(35-20-28)36-32(38)30(34)29(33)12-7-5-6-9-24-10-8-11-26(14-13-24)23(4)37/h5,7,11-12,15-20,23-24,34,37H,1,6,8-10,13-14H2,2-4H3,(H,35,36,38)/b7-5+,29-12+,34-30?. The van der Waals surface area contributed by atoms with E-state index in [9.17, 15) is 9.90 Å². The van der Waals surface area contributed by atoms with E-state index in [1.165, 1.54) is 0 Å². The van der Waals surface area contributed by atoms with Crippen LogP contribution in [0, 0.1) is 18.3 Å². The number of allylic oxidation sites excluding steroid dienone is 5. The summed E-state index contributed by atoms with van der Waals surface area (Å²) in [4.78, 5) is 17.0. The number of carbonyl (C=O) groups is 1. The molecule has 1 aliphatic rings. The van der Waals surface area contributed by atoms with Crippen molar-refractivity contribution in [1.29, 1.82) is 5.41 Å². The number of amides is 1. The molecular formula is C32H38ClN3O2. The maximum Gasteiger partial charge on any atom is 0.276 e. The van der Waals surface area contributed by atoms with Crippen LogP contribution in [0.5, 0.6) is 0 Å². The van der Waals surface area contributed by atoms with E-state index in [4.69, 9.17) is 17.0 Å². The first-order valence-electron chi connectivity index (χ1n) is 13.2. The van der Waals surface area contributed by atoms with Gasteiger partial charge in [0.05, 0.1) is 11.1 Å². The molecule has 200 valence electrons. The van der Waals surface area contributed by atoms with Gasteiger partial charge in [-0.1, -0.05) is 66.2 Å².